The Balaban J connectivity index is 1.94. The fourth-order valence-corrected chi connectivity index (χ4v) is 3.14. The summed E-state index contributed by atoms with van der Waals surface area (Å²) in [5.74, 6) is 0.346. The van der Waals surface area contributed by atoms with Crippen LogP contribution in [-0.2, 0) is 9.59 Å². The highest BCUT2D eigenvalue weighted by Gasteiger charge is 2.35. The third-order valence-corrected chi connectivity index (χ3v) is 4.77. The largest absolute Gasteiger partial charge is 0.484 e. The first-order chi connectivity index (χ1) is 12.0. The molecule has 25 heavy (non-hydrogen) atoms. The molecule has 3 N–H and O–H groups in total. The number of carbonyl (C=O) groups is 2. The van der Waals surface area contributed by atoms with Crippen molar-refractivity contribution in [1.82, 2.24) is 4.90 Å². The molecule has 1 saturated carbocycles. The zero-order valence-corrected chi connectivity index (χ0v) is 15.2. The molecule has 0 atom stereocenters. The average Bonchev–Trinajstić information content (AvgIpc) is 2.62. The van der Waals surface area contributed by atoms with Crippen molar-refractivity contribution in [1.29, 1.82) is 0 Å². The predicted octanol–water partition coefficient (Wildman–Crippen LogP) is 2.53. The van der Waals surface area contributed by atoms with Gasteiger partial charge in [0.1, 0.15) is 5.75 Å². The van der Waals surface area contributed by atoms with Crippen LogP contribution in [0, 0.1) is 0 Å². The van der Waals surface area contributed by atoms with E-state index in [2.05, 4.69) is 5.32 Å². The van der Waals surface area contributed by atoms with Gasteiger partial charge in [-0.3, -0.25) is 9.59 Å². The van der Waals surface area contributed by atoms with E-state index < -0.39 is 5.54 Å². The van der Waals surface area contributed by atoms with E-state index in [4.69, 9.17) is 10.5 Å². The van der Waals surface area contributed by atoms with E-state index in [1.807, 2.05) is 13.8 Å². The van der Waals surface area contributed by atoms with Gasteiger partial charge in [0, 0.05) is 24.8 Å². The van der Waals surface area contributed by atoms with E-state index in [0.29, 0.717) is 37.4 Å². The van der Waals surface area contributed by atoms with Crippen LogP contribution in [-0.4, -0.2) is 41.9 Å². The number of benzene rings is 1. The highest BCUT2D eigenvalue weighted by atomic mass is 16.5. The van der Waals surface area contributed by atoms with Gasteiger partial charge in [0.2, 0.25) is 5.91 Å². The van der Waals surface area contributed by atoms with Crippen LogP contribution in [0.4, 0.5) is 5.69 Å². The second-order valence-electron chi connectivity index (χ2n) is 6.55. The van der Waals surface area contributed by atoms with Gasteiger partial charge in [0.15, 0.2) is 6.61 Å². The number of hydrogen-bond acceptors (Lipinski definition) is 4. The van der Waals surface area contributed by atoms with Gasteiger partial charge in [0.25, 0.3) is 5.91 Å². The average molecular weight is 347 g/mol. The molecule has 6 nitrogen and oxygen atoms in total. The van der Waals surface area contributed by atoms with Crippen LogP contribution in [0.2, 0.25) is 0 Å². The number of hydrogen-bond donors (Lipinski definition) is 2. The Hall–Kier alpha value is -2.08. The molecule has 6 heteroatoms. The summed E-state index contributed by atoms with van der Waals surface area (Å²) in [6, 6.07) is 7.07. The zero-order chi connectivity index (χ0) is 18.3. The number of rotatable bonds is 7. The lowest BCUT2D eigenvalue weighted by Crippen LogP contribution is -2.52. The van der Waals surface area contributed by atoms with Gasteiger partial charge in [-0.1, -0.05) is 25.3 Å². The van der Waals surface area contributed by atoms with Gasteiger partial charge < -0.3 is 20.7 Å². The third-order valence-electron chi connectivity index (χ3n) is 4.77. The monoisotopic (exact) mass is 347 g/mol. The molecule has 0 aromatic heterocycles. The maximum absolute atomic E-state index is 12.5. The Morgan fingerprint density at radius 1 is 1.20 bits per heavy atom. The summed E-state index contributed by atoms with van der Waals surface area (Å²) in [7, 11) is 0. The van der Waals surface area contributed by atoms with Crippen LogP contribution < -0.4 is 15.8 Å². The summed E-state index contributed by atoms with van der Waals surface area (Å²) < 4.78 is 5.57. The number of ether oxygens (including phenoxy) is 1. The molecular weight excluding hydrogens is 318 g/mol. The summed E-state index contributed by atoms with van der Waals surface area (Å²) in [6.45, 7) is 5.18. The van der Waals surface area contributed by atoms with Crippen molar-refractivity contribution in [3.8, 4) is 5.75 Å². The molecule has 138 valence electrons. The molecule has 0 saturated heterocycles. The number of nitrogens with one attached hydrogen (secondary N) is 1. The molecule has 2 amide bonds. The first-order valence-corrected chi connectivity index (χ1v) is 9.09. The van der Waals surface area contributed by atoms with Crippen LogP contribution in [0.5, 0.6) is 5.75 Å². The van der Waals surface area contributed by atoms with Crippen molar-refractivity contribution in [3.63, 3.8) is 0 Å². The molecule has 2 rings (SSSR count). The first kappa shape index (κ1) is 19.2. The van der Waals surface area contributed by atoms with Crippen LogP contribution in [0.25, 0.3) is 0 Å². The Labute approximate surface area is 149 Å². The van der Waals surface area contributed by atoms with Crippen molar-refractivity contribution >= 4 is 17.5 Å². The number of amides is 2. The fourth-order valence-electron chi connectivity index (χ4n) is 3.14. The molecule has 1 aliphatic rings. The van der Waals surface area contributed by atoms with Gasteiger partial charge >= 0.3 is 0 Å². The lowest BCUT2D eigenvalue weighted by molar-refractivity contribution is -0.133. The minimum atomic E-state index is -0.784. The van der Waals surface area contributed by atoms with Crippen LogP contribution in [0.1, 0.15) is 46.0 Å². The Kier molecular flexibility index (Phi) is 6.82. The second-order valence-corrected chi connectivity index (χ2v) is 6.55. The number of carbonyl (C=O) groups excluding carboxylic acids is 2. The number of likely N-dealkylation sites (N-methyl/N-ethyl adjacent to an activating group) is 1. The smallest absolute Gasteiger partial charge is 0.260 e. The van der Waals surface area contributed by atoms with E-state index in [1.54, 1.807) is 29.2 Å². The minimum absolute atomic E-state index is 0.0140. The molecule has 0 bridgehead atoms. The summed E-state index contributed by atoms with van der Waals surface area (Å²) >= 11 is 0. The fraction of sp³-hybridized carbons (Fsp3) is 0.579. The van der Waals surface area contributed by atoms with Crippen LogP contribution >= 0.6 is 0 Å². The first-order valence-electron chi connectivity index (χ1n) is 9.09. The minimum Gasteiger partial charge on any atom is -0.484 e. The van der Waals surface area contributed by atoms with E-state index in [1.165, 1.54) is 0 Å². The SMILES string of the molecule is CCN(CC)C(=O)COc1cccc(NC(=O)C2(N)CCCCC2)c1. The molecule has 0 unspecified atom stereocenters. The van der Waals surface area contributed by atoms with Crippen molar-refractivity contribution in [2.75, 3.05) is 25.0 Å². The molecule has 0 radical (unpaired) electrons. The van der Waals surface area contributed by atoms with Crippen molar-refractivity contribution in [3.05, 3.63) is 24.3 Å². The number of nitrogens with two attached hydrogens (primary N) is 1. The molecule has 1 aliphatic carbocycles. The quantitative estimate of drug-likeness (QED) is 0.794. The van der Waals surface area contributed by atoms with Crippen molar-refractivity contribution in [2.45, 2.75) is 51.5 Å². The summed E-state index contributed by atoms with van der Waals surface area (Å²) in [6.07, 6.45) is 4.54. The van der Waals surface area contributed by atoms with Gasteiger partial charge in [-0.15, -0.1) is 0 Å². The topological polar surface area (TPSA) is 84.7 Å². The lowest BCUT2D eigenvalue weighted by atomic mass is 9.82. The van der Waals surface area contributed by atoms with E-state index in [0.717, 1.165) is 19.3 Å². The van der Waals surface area contributed by atoms with Gasteiger partial charge in [-0.2, -0.15) is 0 Å². The Bertz CT molecular complexity index is 593. The molecule has 0 heterocycles. The highest BCUT2D eigenvalue weighted by molar-refractivity contribution is 5.98. The number of nitrogens with zero attached hydrogens (tertiary/aromatic N) is 1. The van der Waals surface area contributed by atoms with Crippen molar-refractivity contribution < 1.29 is 14.3 Å². The van der Waals surface area contributed by atoms with Gasteiger partial charge in [-0.05, 0) is 38.8 Å². The molecule has 1 fully saturated rings. The van der Waals surface area contributed by atoms with Gasteiger partial charge in [0.05, 0.1) is 5.54 Å². The number of anilines is 1. The van der Waals surface area contributed by atoms with Gasteiger partial charge in [-0.25, -0.2) is 0 Å². The molecule has 1 aromatic carbocycles. The Morgan fingerprint density at radius 3 is 2.52 bits per heavy atom. The maximum Gasteiger partial charge on any atom is 0.260 e. The van der Waals surface area contributed by atoms with Crippen LogP contribution in [0.15, 0.2) is 24.3 Å². The summed E-state index contributed by atoms with van der Waals surface area (Å²) in [4.78, 5) is 26.2. The van der Waals surface area contributed by atoms with E-state index in [9.17, 15) is 9.59 Å². The second kappa shape index (κ2) is 8.85. The lowest BCUT2D eigenvalue weighted by Gasteiger charge is -2.31. The third kappa shape index (κ3) is 5.19. The Morgan fingerprint density at radius 2 is 1.88 bits per heavy atom. The maximum atomic E-state index is 12.5. The molecule has 1 aromatic rings. The predicted molar refractivity (Wildman–Crippen MR) is 98.5 cm³/mol. The molecular formula is C19H29N3O3. The van der Waals surface area contributed by atoms with Crippen molar-refractivity contribution in [2.24, 2.45) is 5.73 Å². The molecule has 0 aliphatic heterocycles. The van der Waals surface area contributed by atoms with E-state index in [-0.39, 0.29) is 18.4 Å². The van der Waals surface area contributed by atoms with Crippen LogP contribution in [0.3, 0.4) is 0 Å². The highest BCUT2D eigenvalue weighted by Crippen LogP contribution is 2.27. The summed E-state index contributed by atoms with van der Waals surface area (Å²) in [5, 5.41) is 2.89. The standard InChI is InChI=1S/C19H29N3O3/c1-3-22(4-2)17(23)14-25-16-10-8-9-15(13-16)21-18(24)19(20)11-6-5-7-12-19/h8-10,13H,3-7,11-12,14,20H2,1-2H3,(H,21,24). The normalized spacial score (nSPS) is 16.1. The zero-order valence-electron chi connectivity index (χ0n) is 15.2. The summed E-state index contributed by atoms with van der Waals surface area (Å²) in [5.41, 5.74) is 6.11. The molecule has 0 spiro atoms. The van der Waals surface area contributed by atoms with E-state index >= 15 is 0 Å².